The molecule has 0 aliphatic rings. The Kier molecular flexibility index (Phi) is 4.45. The number of ether oxygens (including phenoxy) is 2. The highest BCUT2D eigenvalue weighted by atomic mass is 16.6. The Morgan fingerprint density at radius 2 is 2.14 bits per heavy atom. The van der Waals surface area contributed by atoms with Crippen molar-refractivity contribution in [3.05, 3.63) is 57.8 Å². The number of nitrogens with zero attached hydrogens (tertiary/aromatic N) is 2. The highest BCUT2D eigenvalue weighted by molar-refractivity contribution is 5.75. The van der Waals surface area contributed by atoms with Crippen molar-refractivity contribution in [1.82, 2.24) is 4.98 Å². The van der Waals surface area contributed by atoms with Gasteiger partial charge in [-0.3, -0.25) is 14.9 Å². The quantitative estimate of drug-likeness (QED) is 0.460. The van der Waals surface area contributed by atoms with Gasteiger partial charge in [-0.25, -0.2) is 4.98 Å². The lowest BCUT2D eigenvalue weighted by atomic mass is 10.1. The fourth-order valence-corrected chi connectivity index (χ4v) is 1.70. The number of pyridine rings is 1. The number of methoxy groups -OCH3 is 1. The zero-order valence-electron chi connectivity index (χ0n) is 11.2. The second-order valence-electron chi connectivity index (χ2n) is 4.09. The molecule has 0 bridgehead atoms. The van der Waals surface area contributed by atoms with Crippen molar-refractivity contribution >= 4 is 12.0 Å². The fourth-order valence-electron chi connectivity index (χ4n) is 1.70. The lowest BCUT2D eigenvalue weighted by molar-refractivity contribution is -0.385. The van der Waals surface area contributed by atoms with Crippen LogP contribution in [0.5, 0.6) is 11.6 Å². The second kappa shape index (κ2) is 6.47. The van der Waals surface area contributed by atoms with Crippen molar-refractivity contribution in [2.24, 2.45) is 0 Å². The van der Waals surface area contributed by atoms with Crippen molar-refractivity contribution in [3.8, 4) is 11.6 Å². The van der Waals surface area contributed by atoms with Crippen molar-refractivity contribution in [3.63, 3.8) is 0 Å². The summed E-state index contributed by atoms with van der Waals surface area (Å²) in [4.78, 5) is 24.6. The number of benzene rings is 1. The molecule has 7 heteroatoms. The molecule has 108 valence electrons. The molecule has 1 aromatic heterocycles. The third-order valence-corrected chi connectivity index (χ3v) is 2.75. The van der Waals surface area contributed by atoms with Crippen LogP contribution in [0.15, 0.2) is 36.5 Å². The Morgan fingerprint density at radius 1 is 1.33 bits per heavy atom. The summed E-state index contributed by atoms with van der Waals surface area (Å²) in [5.74, 6) is 0.835. The topological polar surface area (TPSA) is 91.6 Å². The molecule has 0 fully saturated rings. The molecule has 1 heterocycles. The maximum Gasteiger partial charge on any atom is 0.287 e. The van der Waals surface area contributed by atoms with Crippen LogP contribution >= 0.6 is 0 Å². The van der Waals surface area contributed by atoms with Gasteiger partial charge in [0.05, 0.1) is 12.0 Å². The molecule has 2 aromatic rings. The summed E-state index contributed by atoms with van der Waals surface area (Å²) < 4.78 is 10.6. The molecular formula is C14H12N2O5. The summed E-state index contributed by atoms with van der Waals surface area (Å²) in [6.45, 7) is 0.135. The number of carbonyl (C=O) groups is 1. The van der Waals surface area contributed by atoms with Gasteiger partial charge in [-0.1, -0.05) is 0 Å². The Hall–Kier alpha value is -2.96. The SMILES string of the molecule is COc1ccc(C=O)cc1COc1ccc([N+](=O)[O-])cn1. The van der Waals surface area contributed by atoms with Crippen molar-refractivity contribution in [2.75, 3.05) is 7.11 Å². The van der Waals surface area contributed by atoms with Gasteiger partial charge in [0.15, 0.2) is 0 Å². The second-order valence-corrected chi connectivity index (χ2v) is 4.09. The van der Waals surface area contributed by atoms with E-state index in [4.69, 9.17) is 9.47 Å². The van der Waals surface area contributed by atoms with Crippen LogP contribution in [-0.2, 0) is 6.61 Å². The smallest absolute Gasteiger partial charge is 0.287 e. The van der Waals surface area contributed by atoms with Crippen LogP contribution in [0, 0.1) is 10.1 Å². The molecule has 7 nitrogen and oxygen atoms in total. The highest BCUT2D eigenvalue weighted by Gasteiger charge is 2.08. The van der Waals surface area contributed by atoms with E-state index in [1.54, 1.807) is 18.2 Å². The first-order valence-corrected chi connectivity index (χ1v) is 5.99. The van der Waals surface area contributed by atoms with Gasteiger partial charge in [-0.15, -0.1) is 0 Å². The molecule has 2 rings (SSSR count). The van der Waals surface area contributed by atoms with E-state index in [9.17, 15) is 14.9 Å². The van der Waals surface area contributed by atoms with Gasteiger partial charge in [0.1, 0.15) is 24.8 Å². The molecule has 1 aromatic carbocycles. The van der Waals surface area contributed by atoms with E-state index < -0.39 is 4.92 Å². The van der Waals surface area contributed by atoms with Crippen LogP contribution in [0.1, 0.15) is 15.9 Å². The van der Waals surface area contributed by atoms with Crippen LogP contribution in [0.3, 0.4) is 0 Å². The third-order valence-electron chi connectivity index (χ3n) is 2.75. The van der Waals surface area contributed by atoms with Gasteiger partial charge in [0.2, 0.25) is 5.88 Å². The summed E-state index contributed by atoms with van der Waals surface area (Å²) in [7, 11) is 1.52. The van der Waals surface area contributed by atoms with Crippen LogP contribution in [0.2, 0.25) is 0 Å². The number of hydrogen-bond donors (Lipinski definition) is 0. The van der Waals surface area contributed by atoms with Crippen molar-refractivity contribution < 1.29 is 19.2 Å². The Labute approximate surface area is 120 Å². The first-order valence-electron chi connectivity index (χ1n) is 5.99. The fraction of sp³-hybridized carbons (Fsp3) is 0.143. The van der Waals surface area contributed by atoms with E-state index in [2.05, 4.69) is 4.98 Å². The number of aldehydes is 1. The lowest BCUT2D eigenvalue weighted by Crippen LogP contribution is -2.01. The van der Waals surface area contributed by atoms with Gasteiger partial charge < -0.3 is 9.47 Å². The Balaban J connectivity index is 2.11. The summed E-state index contributed by atoms with van der Waals surface area (Å²) in [6.07, 6.45) is 1.85. The number of hydrogen-bond acceptors (Lipinski definition) is 6. The number of aromatic nitrogens is 1. The molecule has 0 aliphatic heterocycles. The minimum atomic E-state index is -0.534. The molecule has 0 N–H and O–H groups in total. The minimum absolute atomic E-state index is 0.108. The molecule has 0 saturated heterocycles. The number of rotatable bonds is 6. The summed E-state index contributed by atoms with van der Waals surface area (Å²) in [5, 5.41) is 10.5. The van der Waals surface area contributed by atoms with E-state index in [0.29, 0.717) is 16.9 Å². The van der Waals surface area contributed by atoms with Crippen LogP contribution in [0.25, 0.3) is 0 Å². The zero-order chi connectivity index (χ0) is 15.2. The molecule has 0 atom stereocenters. The predicted molar refractivity (Wildman–Crippen MR) is 73.6 cm³/mol. The lowest BCUT2D eigenvalue weighted by Gasteiger charge is -2.10. The molecule has 0 unspecified atom stereocenters. The summed E-state index contributed by atoms with van der Waals surface area (Å²) in [6, 6.07) is 7.68. The molecular weight excluding hydrogens is 276 g/mol. The summed E-state index contributed by atoms with van der Waals surface area (Å²) >= 11 is 0. The van der Waals surface area contributed by atoms with Gasteiger partial charge in [0, 0.05) is 23.3 Å². The molecule has 0 amide bonds. The third kappa shape index (κ3) is 3.53. The average molecular weight is 288 g/mol. The van der Waals surface area contributed by atoms with E-state index in [1.165, 1.54) is 19.2 Å². The van der Waals surface area contributed by atoms with Crippen molar-refractivity contribution in [2.45, 2.75) is 6.61 Å². The number of nitro groups is 1. The van der Waals surface area contributed by atoms with E-state index in [1.807, 2.05) is 0 Å². The van der Waals surface area contributed by atoms with Crippen LogP contribution < -0.4 is 9.47 Å². The van der Waals surface area contributed by atoms with Gasteiger partial charge in [0.25, 0.3) is 5.69 Å². The van der Waals surface area contributed by atoms with E-state index >= 15 is 0 Å². The van der Waals surface area contributed by atoms with Crippen LogP contribution in [0.4, 0.5) is 5.69 Å². The molecule has 0 saturated carbocycles. The zero-order valence-corrected chi connectivity index (χ0v) is 11.2. The Morgan fingerprint density at radius 3 is 2.71 bits per heavy atom. The number of carbonyl (C=O) groups excluding carboxylic acids is 1. The molecule has 21 heavy (non-hydrogen) atoms. The minimum Gasteiger partial charge on any atom is -0.496 e. The van der Waals surface area contributed by atoms with Crippen LogP contribution in [-0.4, -0.2) is 23.3 Å². The normalized spacial score (nSPS) is 9.95. The average Bonchev–Trinajstić information content (AvgIpc) is 2.52. The Bertz CT molecular complexity index is 655. The molecule has 0 spiro atoms. The van der Waals surface area contributed by atoms with Crippen molar-refractivity contribution in [1.29, 1.82) is 0 Å². The monoisotopic (exact) mass is 288 g/mol. The van der Waals surface area contributed by atoms with Gasteiger partial charge in [-0.2, -0.15) is 0 Å². The maximum absolute atomic E-state index is 10.8. The van der Waals surface area contributed by atoms with Gasteiger partial charge >= 0.3 is 0 Å². The highest BCUT2D eigenvalue weighted by Crippen LogP contribution is 2.21. The summed E-state index contributed by atoms with van der Waals surface area (Å²) in [5.41, 5.74) is 1.08. The molecule has 0 radical (unpaired) electrons. The largest absolute Gasteiger partial charge is 0.496 e. The van der Waals surface area contributed by atoms with E-state index in [0.717, 1.165) is 12.5 Å². The predicted octanol–water partition coefficient (Wildman–Crippen LogP) is 2.39. The van der Waals surface area contributed by atoms with Gasteiger partial charge in [-0.05, 0) is 18.2 Å². The molecule has 0 aliphatic carbocycles. The first kappa shape index (κ1) is 14.4. The van der Waals surface area contributed by atoms with E-state index in [-0.39, 0.29) is 18.2 Å². The maximum atomic E-state index is 10.8. The standard InChI is InChI=1S/C14H12N2O5/c1-20-13-4-2-10(8-17)6-11(13)9-21-14-5-3-12(7-15-14)16(18)19/h2-8H,9H2,1H3. The first-order chi connectivity index (χ1) is 10.1.